The molecule has 0 bridgehead atoms. The Bertz CT molecular complexity index is 794. The monoisotopic (exact) mass is 460 g/mol. The van der Waals surface area contributed by atoms with Gasteiger partial charge in [-0.3, -0.25) is 0 Å². The van der Waals surface area contributed by atoms with Crippen LogP contribution in [0.2, 0.25) is 0 Å². The van der Waals surface area contributed by atoms with Gasteiger partial charge in [0.25, 0.3) is 0 Å². The van der Waals surface area contributed by atoms with E-state index in [-0.39, 0.29) is 40.6 Å². The molecule has 0 aliphatic carbocycles. The number of hydrogen-bond donors (Lipinski definition) is 4. The van der Waals surface area contributed by atoms with Gasteiger partial charge in [-0.1, -0.05) is 90.5 Å². The predicted octanol–water partition coefficient (Wildman–Crippen LogP) is 8.02. The number of aromatic hydroxyl groups is 4. The molecule has 4 nitrogen and oxygen atoms in total. The van der Waals surface area contributed by atoms with Gasteiger partial charge in [0.05, 0.1) is 0 Å². The van der Waals surface area contributed by atoms with Crippen LogP contribution in [0.1, 0.15) is 113 Å². The smallest absolute Gasteiger partial charge is 0.123 e. The Kier molecular flexibility index (Phi) is 9.16. The second-order valence-corrected chi connectivity index (χ2v) is 12.8. The molecule has 0 aromatic heterocycles. The lowest BCUT2D eigenvalue weighted by atomic mass is 9.79. The van der Waals surface area contributed by atoms with E-state index in [0.29, 0.717) is 11.5 Å². The molecule has 0 spiro atoms. The predicted molar refractivity (Wildman–Crippen MR) is 141 cm³/mol. The molecule has 0 unspecified atom stereocenters. The zero-order chi connectivity index (χ0) is 25.4. The molecular formula is C29H48O4. The van der Waals surface area contributed by atoms with Crippen LogP contribution < -0.4 is 0 Å². The van der Waals surface area contributed by atoms with Crippen molar-refractivity contribution in [3.05, 3.63) is 46.5 Å². The minimum atomic E-state index is -0.178. The second kappa shape index (κ2) is 9.87. The van der Waals surface area contributed by atoms with Crippen molar-refractivity contribution in [2.75, 3.05) is 0 Å². The minimum Gasteiger partial charge on any atom is -0.508 e. The first-order valence-corrected chi connectivity index (χ1v) is 11.2. The molecule has 0 aliphatic heterocycles. The normalized spacial score (nSPS) is 12.5. The van der Waals surface area contributed by atoms with Crippen molar-refractivity contribution in [3.8, 4) is 23.0 Å². The van der Waals surface area contributed by atoms with Gasteiger partial charge in [-0.25, -0.2) is 0 Å². The topological polar surface area (TPSA) is 80.9 Å². The standard InChI is InChI=1S/2C14H22O2.CH4/c2*1-13(2,3)10-7-9(15)8-11(12(10)16)14(4,5)6;/h2*7-8,15-16H,1-6H3;1H4. The fraction of sp³-hybridized carbons (Fsp3) is 0.586. The van der Waals surface area contributed by atoms with Crippen molar-refractivity contribution in [2.24, 2.45) is 0 Å². The van der Waals surface area contributed by atoms with Gasteiger partial charge in [-0.05, 0) is 45.9 Å². The summed E-state index contributed by atoms with van der Waals surface area (Å²) in [6, 6.07) is 6.57. The summed E-state index contributed by atoms with van der Waals surface area (Å²) in [5, 5.41) is 40.0. The number of phenols is 4. The van der Waals surface area contributed by atoms with E-state index in [9.17, 15) is 20.4 Å². The molecule has 2 aromatic carbocycles. The molecular weight excluding hydrogens is 412 g/mol. The van der Waals surface area contributed by atoms with E-state index in [1.54, 1.807) is 24.3 Å². The van der Waals surface area contributed by atoms with Crippen molar-refractivity contribution < 1.29 is 20.4 Å². The molecule has 0 atom stereocenters. The van der Waals surface area contributed by atoms with E-state index in [0.717, 1.165) is 22.3 Å². The number of rotatable bonds is 0. The first kappa shape index (κ1) is 30.6. The van der Waals surface area contributed by atoms with Gasteiger partial charge in [0, 0.05) is 22.3 Å². The van der Waals surface area contributed by atoms with E-state index in [1.165, 1.54) is 0 Å². The van der Waals surface area contributed by atoms with Gasteiger partial charge in [-0.15, -0.1) is 0 Å². The molecule has 4 N–H and O–H groups in total. The van der Waals surface area contributed by atoms with Gasteiger partial charge >= 0.3 is 0 Å². The second-order valence-electron chi connectivity index (χ2n) is 12.8. The average molecular weight is 461 g/mol. The lowest BCUT2D eigenvalue weighted by Crippen LogP contribution is -2.16. The molecule has 4 heteroatoms. The van der Waals surface area contributed by atoms with Gasteiger partial charge in [-0.2, -0.15) is 0 Å². The van der Waals surface area contributed by atoms with Crippen molar-refractivity contribution in [2.45, 2.75) is 112 Å². The summed E-state index contributed by atoms with van der Waals surface area (Å²) < 4.78 is 0. The fourth-order valence-corrected chi connectivity index (χ4v) is 3.53. The van der Waals surface area contributed by atoms with E-state index in [2.05, 4.69) is 0 Å². The molecule has 0 fully saturated rings. The maximum absolute atomic E-state index is 10.3. The summed E-state index contributed by atoms with van der Waals surface area (Å²) >= 11 is 0. The molecule has 33 heavy (non-hydrogen) atoms. The summed E-state index contributed by atoms with van der Waals surface area (Å²) in [7, 11) is 0. The van der Waals surface area contributed by atoms with Gasteiger partial charge in [0.2, 0.25) is 0 Å². The van der Waals surface area contributed by atoms with Crippen molar-refractivity contribution >= 4 is 0 Å². The van der Waals surface area contributed by atoms with Crippen LogP contribution >= 0.6 is 0 Å². The number of benzene rings is 2. The van der Waals surface area contributed by atoms with E-state index < -0.39 is 0 Å². The van der Waals surface area contributed by atoms with Gasteiger partial charge in [0.1, 0.15) is 23.0 Å². The minimum absolute atomic E-state index is 0. The largest absolute Gasteiger partial charge is 0.508 e. The molecule has 0 aliphatic rings. The summed E-state index contributed by atoms with van der Waals surface area (Å²) in [4.78, 5) is 0. The molecule has 0 heterocycles. The van der Waals surface area contributed by atoms with Crippen LogP contribution in [0.25, 0.3) is 0 Å². The lowest BCUT2D eigenvalue weighted by molar-refractivity contribution is 0.412. The first-order chi connectivity index (χ1) is 14.1. The maximum Gasteiger partial charge on any atom is 0.123 e. The Balaban J connectivity index is 0.000000602. The highest BCUT2D eigenvalue weighted by atomic mass is 16.3. The Morgan fingerprint density at radius 3 is 0.667 bits per heavy atom. The van der Waals surface area contributed by atoms with Crippen molar-refractivity contribution in [1.82, 2.24) is 0 Å². The Hall–Kier alpha value is -2.36. The summed E-state index contributed by atoms with van der Waals surface area (Å²) in [6.07, 6.45) is 0. The van der Waals surface area contributed by atoms with Crippen LogP contribution in [0, 0.1) is 0 Å². The Morgan fingerprint density at radius 1 is 0.394 bits per heavy atom. The zero-order valence-electron chi connectivity index (χ0n) is 22.1. The first-order valence-electron chi connectivity index (χ1n) is 11.2. The van der Waals surface area contributed by atoms with Gasteiger partial charge in [0.15, 0.2) is 0 Å². The van der Waals surface area contributed by atoms with E-state index in [1.807, 2.05) is 83.1 Å². The molecule has 0 saturated carbocycles. The van der Waals surface area contributed by atoms with Crippen LogP contribution in [-0.4, -0.2) is 20.4 Å². The van der Waals surface area contributed by atoms with Crippen LogP contribution in [0.5, 0.6) is 23.0 Å². The van der Waals surface area contributed by atoms with E-state index in [4.69, 9.17) is 0 Å². The highest BCUT2D eigenvalue weighted by Gasteiger charge is 2.27. The van der Waals surface area contributed by atoms with Crippen molar-refractivity contribution in [3.63, 3.8) is 0 Å². The molecule has 0 saturated heterocycles. The Labute approximate surface area is 202 Å². The lowest BCUT2D eigenvalue weighted by Gasteiger charge is -2.27. The van der Waals surface area contributed by atoms with Crippen LogP contribution in [0.4, 0.5) is 0 Å². The third-order valence-corrected chi connectivity index (χ3v) is 5.42. The summed E-state index contributed by atoms with van der Waals surface area (Å²) in [6.45, 7) is 24.3. The zero-order valence-corrected chi connectivity index (χ0v) is 22.1. The third kappa shape index (κ3) is 7.87. The van der Waals surface area contributed by atoms with Gasteiger partial charge < -0.3 is 20.4 Å². The molecule has 0 amide bonds. The average Bonchev–Trinajstić information content (AvgIpc) is 2.55. The van der Waals surface area contributed by atoms with Crippen LogP contribution in [0.15, 0.2) is 24.3 Å². The highest BCUT2D eigenvalue weighted by molar-refractivity contribution is 5.52. The molecule has 188 valence electrons. The van der Waals surface area contributed by atoms with Crippen LogP contribution in [0.3, 0.4) is 0 Å². The van der Waals surface area contributed by atoms with Crippen molar-refractivity contribution in [1.29, 1.82) is 0 Å². The SMILES string of the molecule is C.CC(C)(C)c1cc(O)cc(C(C)(C)C)c1O.CC(C)(C)c1cc(O)cc(C(C)(C)C)c1O. The summed E-state index contributed by atoms with van der Waals surface area (Å²) in [5.74, 6) is 1.04. The third-order valence-electron chi connectivity index (χ3n) is 5.42. The molecule has 2 aromatic rings. The highest BCUT2D eigenvalue weighted by Crippen LogP contribution is 2.42. The quantitative estimate of drug-likeness (QED) is 0.300. The number of phenolic OH excluding ortho intramolecular Hbond substituents is 4. The number of hydrogen-bond acceptors (Lipinski definition) is 4. The maximum atomic E-state index is 10.3. The van der Waals surface area contributed by atoms with E-state index >= 15 is 0 Å². The Morgan fingerprint density at radius 2 is 0.545 bits per heavy atom. The fourth-order valence-electron chi connectivity index (χ4n) is 3.53. The molecule has 2 rings (SSSR count). The molecule has 0 radical (unpaired) electrons. The van der Waals surface area contributed by atoms with Crippen LogP contribution in [-0.2, 0) is 21.7 Å². The summed E-state index contributed by atoms with van der Waals surface area (Å²) in [5.41, 5.74) is 2.45.